The third-order valence-electron chi connectivity index (χ3n) is 3.78. The minimum atomic E-state index is -0.410. The molecule has 2 aromatic rings. The molecule has 0 N–H and O–H groups in total. The number of carbonyl (C=O) groups excluding carboxylic acids is 1. The Balaban J connectivity index is 2.01. The standard InChI is InChI=1S/C16H20N2O4/c1-3-21-14-9-13-11(8-12(14)16(19)20-2)10-18(17-13)15-6-4-5-7-22-15/h8-10,15H,3-7H2,1-2H3. The van der Waals surface area contributed by atoms with Crippen molar-refractivity contribution in [1.82, 2.24) is 9.78 Å². The topological polar surface area (TPSA) is 62.6 Å². The molecule has 0 saturated carbocycles. The van der Waals surface area contributed by atoms with E-state index in [2.05, 4.69) is 5.10 Å². The Morgan fingerprint density at radius 3 is 3.00 bits per heavy atom. The highest BCUT2D eigenvalue weighted by atomic mass is 16.5. The van der Waals surface area contributed by atoms with Crippen LogP contribution in [-0.4, -0.2) is 36.1 Å². The fourth-order valence-corrected chi connectivity index (χ4v) is 2.70. The van der Waals surface area contributed by atoms with Crippen molar-refractivity contribution in [2.75, 3.05) is 20.3 Å². The maximum atomic E-state index is 11.9. The van der Waals surface area contributed by atoms with Crippen LogP contribution in [0, 0.1) is 0 Å². The van der Waals surface area contributed by atoms with Gasteiger partial charge in [0.2, 0.25) is 0 Å². The number of fused-ring (bicyclic) bond motifs is 1. The Kier molecular flexibility index (Phi) is 4.29. The van der Waals surface area contributed by atoms with Gasteiger partial charge >= 0.3 is 5.97 Å². The van der Waals surface area contributed by atoms with Gasteiger partial charge in [-0.15, -0.1) is 0 Å². The van der Waals surface area contributed by atoms with E-state index >= 15 is 0 Å². The average molecular weight is 304 g/mol. The Morgan fingerprint density at radius 2 is 2.32 bits per heavy atom. The van der Waals surface area contributed by atoms with Gasteiger partial charge in [-0.1, -0.05) is 0 Å². The molecule has 1 unspecified atom stereocenters. The highest BCUT2D eigenvalue weighted by Gasteiger charge is 2.20. The number of ether oxygens (including phenoxy) is 3. The van der Waals surface area contributed by atoms with E-state index in [1.807, 2.05) is 17.8 Å². The van der Waals surface area contributed by atoms with Crippen LogP contribution < -0.4 is 4.74 Å². The first-order chi connectivity index (χ1) is 10.7. The van der Waals surface area contributed by atoms with Crippen LogP contribution in [-0.2, 0) is 9.47 Å². The largest absolute Gasteiger partial charge is 0.493 e. The number of aromatic nitrogens is 2. The number of methoxy groups -OCH3 is 1. The van der Waals surface area contributed by atoms with Crippen LogP contribution in [0.15, 0.2) is 18.3 Å². The molecule has 1 aromatic carbocycles. The average Bonchev–Trinajstić information content (AvgIpc) is 2.97. The Labute approximate surface area is 129 Å². The summed E-state index contributed by atoms with van der Waals surface area (Å²) >= 11 is 0. The number of carbonyl (C=O) groups is 1. The van der Waals surface area contributed by atoms with E-state index in [0.29, 0.717) is 17.9 Å². The summed E-state index contributed by atoms with van der Waals surface area (Å²) in [6, 6.07) is 3.54. The number of hydrogen-bond acceptors (Lipinski definition) is 5. The maximum absolute atomic E-state index is 11.9. The van der Waals surface area contributed by atoms with Gasteiger partial charge in [-0.05, 0) is 32.3 Å². The highest BCUT2D eigenvalue weighted by Crippen LogP contribution is 2.29. The minimum absolute atomic E-state index is 0.0294. The Bertz CT molecular complexity index is 674. The van der Waals surface area contributed by atoms with Gasteiger partial charge in [0.25, 0.3) is 0 Å². The van der Waals surface area contributed by atoms with Gasteiger partial charge in [-0.2, -0.15) is 5.10 Å². The van der Waals surface area contributed by atoms with E-state index in [-0.39, 0.29) is 6.23 Å². The van der Waals surface area contributed by atoms with Gasteiger partial charge in [0.1, 0.15) is 17.5 Å². The molecule has 6 nitrogen and oxygen atoms in total. The van der Waals surface area contributed by atoms with Crippen molar-refractivity contribution in [2.45, 2.75) is 32.4 Å². The van der Waals surface area contributed by atoms with E-state index in [4.69, 9.17) is 14.2 Å². The molecule has 1 aliphatic rings. The lowest BCUT2D eigenvalue weighted by molar-refractivity contribution is -0.0390. The van der Waals surface area contributed by atoms with Crippen molar-refractivity contribution in [3.05, 3.63) is 23.9 Å². The molecular formula is C16H20N2O4. The van der Waals surface area contributed by atoms with E-state index in [9.17, 15) is 4.79 Å². The number of hydrogen-bond donors (Lipinski definition) is 0. The third kappa shape index (κ3) is 2.78. The first kappa shape index (κ1) is 14.8. The highest BCUT2D eigenvalue weighted by molar-refractivity contribution is 5.97. The maximum Gasteiger partial charge on any atom is 0.341 e. The molecule has 0 radical (unpaired) electrons. The summed E-state index contributed by atoms with van der Waals surface area (Å²) < 4.78 is 17.9. The fraction of sp³-hybridized carbons (Fsp3) is 0.500. The van der Waals surface area contributed by atoms with Crippen molar-refractivity contribution in [3.63, 3.8) is 0 Å². The third-order valence-corrected chi connectivity index (χ3v) is 3.78. The normalized spacial score (nSPS) is 18.4. The summed E-state index contributed by atoms with van der Waals surface area (Å²) in [4.78, 5) is 11.9. The fourth-order valence-electron chi connectivity index (χ4n) is 2.70. The molecule has 118 valence electrons. The van der Waals surface area contributed by atoms with Crippen molar-refractivity contribution in [2.24, 2.45) is 0 Å². The van der Waals surface area contributed by atoms with E-state index in [0.717, 1.165) is 36.8 Å². The Hall–Kier alpha value is -2.08. The summed E-state index contributed by atoms with van der Waals surface area (Å²) in [5, 5.41) is 5.44. The van der Waals surface area contributed by atoms with Gasteiger partial charge in [-0.25, -0.2) is 9.48 Å². The van der Waals surface area contributed by atoms with Crippen LogP contribution >= 0.6 is 0 Å². The SMILES string of the molecule is CCOc1cc2nn(C3CCCCO3)cc2cc1C(=O)OC. The van der Waals surface area contributed by atoms with E-state index < -0.39 is 5.97 Å². The summed E-state index contributed by atoms with van der Waals surface area (Å²) in [6.07, 6.45) is 5.07. The summed E-state index contributed by atoms with van der Waals surface area (Å²) in [7, 11) is 1.36. The Morgan fingerprint density at radius 1 is 1.45 bits per heavy atom. The molecule has 6 heteroatoms. The van der Waals surface area contributed by atoms with Crippen LogP contribution in [0.25, 0.3) is 10.9 Å². The summed E-state index contributed by atoms with van der Waals surface area (Å²) in [5.74, 6) is 0.0867. The van der Waals surface area contributed by atoms with Crippen molar-refractivity contribution in [1.29, 1.82) is 0 Å². The van der Waals surface area contributed by atoms with Crippen molar-refractivity contribution < 1.29 is 19.0 Å². The number of nitrogens with zero attached hydrogens (tertiary/aromatic N) is 2. The molecule has 1 saturated heterocycles. The van der Waals surface area contributed by atoms with Gasteiger partial charge in [-0.3, -0.25) is 0 Å². The van der Waals surface area contributed by atoms with Crippen LogP contribution in [0.5, 0.6) is 5.75 Å². The van der Waals surface area contributed by atoms with Crippen LogP contribution in [0.4, 0.5) is 0 Å². The first-order valence-corrected chi connectivity index (χ1v) is 7.58. The molecule has 1 atom stereocenters. The number of benzene rings is 1. The van der Waals surface area contributed by atoms with Crippen molar-refractivity contribution >= 4 is 16.9 Å². The molecule has 3 rings (SSSR count). The van der Waals surface area contributed by atoms with Crippen LogP contribution in [0.1, 0.15) is 42.8 Å². The second-order valence-corrected chi connectivity index (χ2v) is 5.26. The van der Waals surface area contributed by atoms with Gasteiger partial charge in [0.15, 0.2) is 0 Å². The molecule has 0 amide bonds. The monoisotopic (exact) mass is 304 g/mol. The second-order valence-electron chi connectivity index (χ2n) is 5.26. The van der Waals surface area contributed by atoms with Crippen molar-refractivity contribution in [3.8, 4) is 5.75 Å². The molecule has 0 aliphatic carbocycles. The lowest BCUT2D eigenvalue weighted by Crippen LogP contribution is -2.18. The molecule has 1 aliphatic heterocycles. The van der Waals surface area contributed by atoms with E-state index in [1.54, 1.807) is 12.1 Å². The number of rotatable bonds is 4. The van der Waals surface area contributed by atoms with Crippen LogP contribution in [0.2, 0.25) is 0 Å². The first-order valence-electron chi connectivity index (χ1n) is 7.58. The predicted molar refractivity (Wildman–Crippen MR) is 81.1 cm³/mol. The lowest BCUT2D eigenvalue weighted by Gasteiger charge is -2.22. The van der Waals surface area contributed by atoms with Gasteiger partial charge in [0.05, 0.1) is 19.2 Å². The molecule has 0 bridgehead atoms. The molecule has 1 fully saturated rings. The molecule has 0 spiro atoms. The smallest absolute Gasteiger partial charge is 0.341 e. The van der Waals surface area contributed by atoms with Gasteiger partial charge < -0.3 is 14.2 Å². The molecule has 22 heavy (non-hydrogen) atoms. The molecule has 1 aromatic heterocycles. The second kappa shape index (κ2) is 6.36. The zero-order valence-corrected chi connectivity index (χ0v) is 12.9. The number of esters is 1. The molecular weight excluding hydrogens is 284 g/mol. The van der Waals surface area contributed by atoms with E-state index in [1.165, 1.54) is 7.11 Å². The van der Waals surface area contributed by atoms with Crippen LogP contribution in [0.3, 0.4) is 0 Å². The lowest BCUT2D eigenvalue weighted by atomic mass is 10.1. The summed E-state index contributed by atoms with van der Waals surface area (Å²) in [6.45, 7) is 3.11. The zero-order chi connectivity index (χ0) is 15.5. The molecule has 2 heterocycles. The minimum Gasteiger partial charge on any atom is -0.493 e. The van der Waals surface area contributed by atoms with Gasteiger partial charge in [0, 0.05) is 24.3 Å². The summed E-state index contributed by atoms with van der Waals surface area (Å²) in [5.41, 5.74) is 1.20. The predicted octanol–water partition coefficient (Wildman–Crippen LogP) is 2.92. The zero-order valence-electron chi connectivity index (χ0n) is 12.9. The quantitative estimate of drug-likeness (QED) is 0.813.